The van der Waals surface area contributed by atoms with Gasteiger partial charge in [-0.3, -0.25) is 14.9 Å². The van der Waals surface area contributed by atoms with Crippen LogP contribution in [0.5, 0.6) is 0 Å². The molecule has 1 aromatic heterocycles. The highest BCUT2D eigenvalue weighted by atomic mass is 16.6. The summed E-state index contributed by atoms with van der Waals surface area (Å²) in [7, 11) is 0. The molecule has 0 bridgehead atoms. The van der Waals surface area contributed by atoms with Gasteiger partial charge < -0.3 is 0 Å². The number of nitrogens with one attached hydrogen (secondary N) is 1. The van der Waals surface area contributed by atoms with Crippen LogP contribution in [0.2, 0.25) is 0 Å². The number of carbonyl (C=O) groups is 1. The van der Waals surface area contributed by atoms with E-state index < -0.39 is 4.92 Å². The van der Waals surface area contributed by atoms with Crippen molar-refractivity contribution in [2.45, 2.75) is 6.42 Å². The maximum absolute atomic E-state index is 11.0. The average Bonchev–Trinajstić information content (AvgIpc) is 2.40. The van der Waals surface area contributed by atoms with Gasteiger partial charge in [-0.25, -0.2) is 4.98 Å². The summed E-state index contributed by atoms with van der Waals surface area (Å²) in [5.41, 5.74) is 2.10. The second-order valence-electron chi connectivity index (χ2n) is 3.84. The molecule has 1 heterocycles. The molecule has 18 heavy (non-hydrogen) atoms. The van der Waals surface area contributed by atoms with Crippen molar-refractivity contribution in [1.29, 1.82) is 0 Å². The van der Waals surface area contributed by atoms with Crippen molar-refractivity contribution in [3.8, 4) is 0 Å². The topological polar surface area (TPSA) is 74.3 Å². The van der Waals surface area contributed by atoms with E-state index in [9.17, 15) is 14.9 Å². The van der Waals surface area contributed by atoms with Crippen molar-refractivity contribution in [2.75, 3.05) is 0 Å². The number of rotatable bonds is 4. The summed E-state index contributed by atoms with van der Waals surface area (Å²) in [5.74, 6) is 0. The van der Waals surface area contributed by atoms with E-state index in [2.05, 4.69) is 4.98 Å². The summed E-state index contributed by atoms with van der Waals surface area (Å²) in [6, 6.07) is 8.14. The van der Waals surface area contributed by atoms with Crippen LogP contribution in [-0.2, 0) is 6.42 Å². The number of nitro benzene ring substituents is 1. The number of carbonyl (C=O) groups excluding carboxylic acids is 1. The van der Waals surface area contributed by atoms with Crippen LogP contribution in [0, 0.1) is 10.1 Å². The first-order chi connectivity index (χ1) is 8.70. The minimum Gasteiger partial charge on any atom is -0.298 e. The Hall–Kier alpha value is -2.56. The van der Waals surface area contributed by atoms with E-state index in [-0.39, 0.29) is 5.69 Å². The van der Waals surface area contributed by atoms with Gasteiger partial charge in [0, 0.05) is 29.8 Å². The van der Waals surface area contributed by atoms with Gasteiger partial charge >= 0.3 is 0 Å². The molecule has 0 atom stereocenters. The largest absolute Gasteiger partial charge is 0.298 e. The zero-order chi connectivity index (χ0) is 13.0. The lowest BCUT2D eigenvalue weighted by molar-refractivity contribution is -0.384. The Morgan fingerprint density at radius 3 is 2.56 bits per heavy atom. The zero-order valence-electron chi connectivity index (χ0n) is 9.50. The highest BCUT2D eigenvalue weighted by Crippen LogP contribution is 2.19. The van der Waals surface area contributed by atoms with Crippen LogP contribution in [0.15, 0.2) is 42.7 Å². The SMILES string of the molecule is O=Cc1cc([N+](=O)[O-])ccc1Cc1cc[nH+]cc1. The third-order valence-corrected chi connectivity index (χ3v) is 2.65. The number of H-pyrrole nitrogens is 1. The van der Waals surface area contributed by atoms with Gasteiger partial charge in [-0.15, -0.1) is 0 Å². The quantitative estimate of drug-likeness (QED) is 0.467. The average molecular weight is 243 g/mol. The van der Waals surface area contributed by atoms with Crippen LogP contribution in [0.3, 0.4) is 0 Å². The fourth-order valence-electron chi connectivity index (χ4n) is 1.73. The fourth-order valence-corrected chi connectivity index (χ4v) is 1.73. The Labute approximate surface area is 103 Å². The molecule has 0 fully saturated rings. The maximum Gasteiger partial charge on any atom is 0.270 e. The van der Waals surface area contributed by atoms with E-state index in [0.717, 1.165) is 11.1 Å². The van der Waals surface area contributed by atoms with Crippen LogP contribution < -0.4 is 4.98 Å². The smallest absolute Gasteiger partial charge is 0.270 e. The van der Waals surface area contributed by atoms with E-state index in [1.807, 2.05) is 12.1 Å². The van der Waals surface area contributed by atoms with Gasteiger partial charge in [-0.1, -0.05) is 6.07 Å². The van der Waals surface area contributed by atoms with Crippen molar-refractivity contribution < 1.29 is 14.7 Å². The Bertz CT molecular complexity index is 582. The number of non-ortho nitro benzene ring substituents is 1. The molecule has 0 aliphatic carbocycles. The normalized spacial score (nSPS) is 10.0. The van der Waals surface area contributed by atoms with Crippen LogP contribution in [0.1, 0.15) is 21.5 Å². The van der Waals surface area contributed by atoms with Crippen LogP contribution in [0.25, 0.3) is 0 Å². The molecule has 5 heteroatoms. The standard InChI is InChI=1S/C13H10N2O3/c16-9-12-8-13(15(17)18)2-1-11(12)7-10-3-5-14-6-4-10/h1-6,8-9H,7H2/p+1. The summed E-state index contributed by atoms with van der Waals surface area (Å²) in [5, 5.41) is 10.6. The van der Waals surface area contributed by atoms with Gasteiger partial charge in [0.1, 0.15) is 0 Å². The molecule has 1 aromatic carbocycles. The van der Waals surface area contributed by atoms with Crippen molar-refractivity contribution in [3.63, 3.8) is 0 Å². The molecule has 0 aliphatic heterocycles. The summed E-state index contributed by atoms with van der Waals surface area (Å²) in [6.45, 7) is 0. The second kappa shape index (κ2) is 5.18. The predicted octanol–water partition coefficient (Wildman–Crippen LogP) is 1.81. The molecule has 0 spiro atoms. The predicted molar refractivity (Wildman–Crippen MR) is 64.3 cm³/mol. The Balaban J connectivity index is 2.34. The van der Waals surface area contributed by atoms with Gasteiger partial charge in [0.15, 0.2) is 18.7 Å². The number of hydrogen-bond acceptors (Lipinski definition) is 3. The lowest BCUT2D eigenvalue weighted by atomic mass is 10.0. The summed E-state index contributed by atoms with van der Waals surface area (Å²) in [4.78, 5) is 24.0. The minimum absolute atomic E-state index is 0.0674. The number of aromatic nitrogens is 1. The van der Waals surface area contributed by atoms with Crippen molar-refractivity contribution in [2.24, 2.45) is 0 Å². The molecule has 2 aromatic rings. The van der Waals surface area contributed by atoms with E-state index in [1.54, 1.807) is 18.5 Å². The lowest BCUT2D eigenvalue weighted by Crippen LogP contribution is -2.01. The van der Waals surface area contributed by atoms with E-state index in [1.165, 1.54) is 12.1 Å². The number of benzene rings is 1. The van der Waals surface area contributed by atoms with E-state index in [4.69, 9.17) is 0 Å². The molecular weight excluding hydrogens is 232 g/mol. The minimum atomic E-state index is -0.506. The molecule has 2 rings (SSSR count). The number of aromatic amines is 1. The molecule has 0 amide bonds. The fraction of sp³-hybridized carbons (Fsp3) is 0.0769. The van der Waals surface area contributed by atoms with Crippen LogP contribution in [-0.4, -0.2) is 11.2 Å². The Morgan fingerprint density at radius 2 is 1.94 bits per heavy atom. The molecule has 1 N–H and O–H groups in total. The molecule has 0 radical (unpaired) electrons. The van der Waals surface area contributed by atoms with Crippen LogP contribution in [0.4, 0.5) is 5.69 Å². The highest BCUT2D eigenvalue weighted by molar-refractivity contribution is 5.78. The highest BCUT2D eigenvalue weighted by Gasteiger charge is 2.10. The van der Waals surface area contributed by atoms with Gasteiger partial charge in [0.2, 0.25) is 0 Å². The number of nitrogens with zero attached hydrogens (tertiary/aromatic N) is 1. The summed E-state index contributed by atoms with van der Waals surface area (Å²) >= 11 is 0. The summed E-state index contributed by atoms with van der Waals surface area (Å²) in [6.07, 6.45) is 4.81. The zero-order valence-corrected chi connectivity index (χ0v) is 9.50. The molecule has 0 aliphatic rings. The van der Waals surface area contributed by atoms with Gasteiger partial charge in [0.05, 0.1) is 4.92 Å². The number of aldehydes is 1. The second-order valence-corrected chi connectivity index (χ2v) is 3.84. The molecular formula is C13H11N2O3+. The molecule has 5 nitrogen and oxygen atoms in total. The molecule has 0 saturated heterocycles. The first-order valence-electron chi connectivity index (χ1n) is 5.38. The molecule has 0 unspecified atom stereocenters. The monoisotopic (exact) mass is 243 g/mol. The van der Waals surface area contributed by atoms with E-state index >= 15 is 0 Å². The molecule has 0 saturated carbocycles. The van der Waals surface area contributed by atoms with Crippen molar-refractivity contribution >= 4 is 12.0 Å². The van der Waals surface area contributed by atoms with Crippen LogP contribution >= 0.6 is 0 Å². The maximum atomic E-state index is 11.0. The lowest BCUT2D eigenvalue weighted by Gasteiger charge is -2.03. The summed E-state index contributed by atoms with van der Waals surface area (Å²) < 4.78 is 0. The first-order valence-corrected chi connectivity index (χ1v) is 5.38. The van der Waals surface area contributed by atoms with E-state index in [0.29, 0.717) is 18.3 Å². The van der Waals surface area contributed by atoms with Gasteiger partial charge in [-0.2, -0.15) is 0 Å². The number of nitro groups is 1. The number of hydrogen-bond donors (Lipinski definition) is 0. The van der Waals surface area contributed by atoms with Crippen molar-refractivity contribution in [3.05, 3.63) is 69.5 Å². The van der Waals surface area contributed by atoms with Gasteiger partial charge in [-0.05, 0) is 17.5 Å². The number of pyridine rings is 1. The van der Waals surface area contributed by atoms with Crippen molar-refractivity contribution in [1.82, 2.24) is 0 Å². The first kappa shape index (κ1) is 11.9. The Morgan fingerprint density at radius 1 is 1.22 bits per heavy atom. The molecule has 90 valence electrons. The van der Waals surface area contributed by atoms with Gasteiger partial charge in [0.25, 0.3) is 5.69 Å². The third kappa shape index (κ3) is 2.57. The Kier molecular flexibility index (Phi) is 3.43. The third-order valence-electron chi connectivity index (χ3n) is 2.65.